The van der Waals surface area contributed by atoms with Crippen molar-refractivity contribution in [1.82, 2.24) is 19.5 Å². The van der Waals surface area contributed by atoms with Gasteiger partial charge in [0.25, 0.3) is 0 Å². The van der Waals surface area contributed by atoms with Crippen molar-refractivity contribution in [2.75, 3.05) is 12.3 Å². The van der Waals surface area contributed by atoms with E-state index >= 15 is 0 Å². The van der Waals surface area contributed by atoms with Gasteiger partial charge in [-0.1, -0.05) is 24.3 Å². The van der Waals surface area contributed by atoms with Crippen LogP contribution in [0.5, 0.6) is 0 Å². The molecule has 1 aromatic carbocycles. The van der Waals surface area contributed by atoms with E-state index in [-0.39, 0.29) is 12.2 Å². The number of nitrogens with zero attached hydrogens (tertiary/aromatic N) is 4. The number of rotatable bonds is 4. The largest absolute Gasteiger partial charge is 0.394 e. The second-order valence-corrected chi connectivity index (χ2v) is 6.77. The lowest BCUT2D eigenvalue weighted by Gasteiger charge is -2.34. The third-order valence-corrected chi connectivity index (χ3v) is 5.18. The van der Waals surface area contributed by atoms with Crippen LogP contribution < -0.4 is 5.73 Å². The van der Waals surface area contributed by atoms with Crippen LogP contribution in [0.4, 0.5) is 5.82 Å². The molecule has 27 heavy (non-hydrogen) atoms. The zero-order valence-corrected chi connectivity index (χ0v) is 14.7. The Morgan fingerprint density at radius 2 is 2.00 bits per heavy atom. The number of nitrogens with two attached hydrogens (primary N) is 1. The molecule has 0 amide bonds. The molecule has 0 bridgehead atoms. The molecule has 9 nitrogen and oxygen atoms in total. The lowest BCUT2D eigenvalue weighted by molar-refractivity contribution is -0.145. The van der Waals surface area contributed by atoms with Gasteiger partial charge >= 0.3 is 0 Å². The molecule has 0 unspecified atom stereocenters. The standard InChI is InChI=1S/C18H21N5O4/c1-10-4-2-3-5-11(10)6-18(15(26)14(25)12(7-24)27-18)23-9-22-13-16(19)20-8-21-17(13)23/h2-5,8-9,12,14-15,24-26H,6-7H2,1H3,(H2,19,20,21)/t12-,14-,15-,18-/m1/s1. The molecule has 1 aliphatic heterocycles. The number of aryl methyl sites for hydroxylation is 1. The van der Waals surface area contributed by atoms with Crippen LogP contribution >= 0.6 is 0 Å². The maximum absolute atomic E-state index is 11.0. The number of nitrogen functional groups attached to an aromatic ring is 1. The highest BCUT2D eigenvalue weighted by Gasteiger charge is 2.56. The Bertz CT molecular complexity index is 977. The number of benzene rings is 1. The Balaban J connectivity index is 1.91. The topological polar surface area (TPSA) is 140 Å². The third kappa shape index (κ3) is 2.67. The van der Waals surface area contributed by atoms with Crippen molar-refractivity contribution in [3.63, 3.8) is 0 Å². The molecule has 9 heteroatoms. The van der Waals surface area contributed by atoms with E-state index in [2.05, 4.69) is 15.0 Å². The van der Waals surface area contributed by atoms with Crippen molar-refractivity contribution in [2.24, 2.45) is 0 Å². The van der Waals surface area contributed by atoms with Gasteiger partial charge in [-0.3, -0.25) is 4.57 Å². The summed E-state index contributed by atoms with van der Waals surface area (Å²) < 4.78 is 7.61. The Morgan fingerprint density at radius 1 is 1.22 bits per heavy atom. The summed E-state index contributed by atoms with van der Waals surface area (Å²) in [6, 6.07) is 7.69. The SMILES string of the molecule is Cc1ccccc1C[C@@]1(n2cnc3c(N)ncnc32)O[C@H](CO)[C@@H](O)[C@H]1O. The summed E-state index contributed by atoms with van der Waals surface area (Å²) >= 11 is 0. The zero-order valence-electron chi connectivity index (χ0n) is 14.7. The van der Waals surface area contributed by atoms with Crippen LogP contribution in [0.3, 0.4) is 0 Å². The molecular formula is C18H21N5O4. The van der Waals surface area contributed by atoms with E-state index in [4.69, 9.17) is 10.5 Å². The monoisotopic (exact) mass is 371 g/mol. The van der Waals surface area contributed by atoms with E-state index < -0.39 is 30.6 Å². The van der Waals surface area contributed by atoms with Gasteiger partial charge in [-0.15, -0.1) is 0 Å². The van der Waals surface area contributed by atoms with Crippen LogP contribution in [-0.2, 0) is 16.9 Å². The normalized spacial score (nSPS) is 28.1. The highest BCUT2D eigenvalue weighted by molar-refractivity contribution is 5.81. The van der Waals surface area contributed by atoms with Crippen molar-refractivity contribution < 1.29 is 20.1 Å². The Labute approximate surface area is 155 Å². The fourth-order valence-corrected chi connectivity index (χ4v) is 3.66. The summed E-state index contributed by atoms with van der Waals surface area (Å²) in [4.78, 5) is 12.4. The highest BCUT2D eigenvalue weighted by Crippen LogP contribution is 2.40. The summed E-state index contributed by atoms with van der Waals surface area (Å²) in [6.07, 6.45) is -0.523. The van der Waals surface area contributed by atoms with Gasteiger partial charge in [-0.25, -0.2) is 15.0 Å². The van der Waals surface area contributed by atoms with E-state index in [1.807, 2.05) is 31.2 Å². The predicted molar refractivity (Wildman–Crippen MR) is 96.6 cm³/mol. The minimum atomic E-state index is -1.41. The molecule has 0 spiro atoms. The summed E-state index contributed by atoms with van der Waals surface area (Å²) in [5, 5.41) is 31.0. The highest BCUT2D eigenvalue weighted by atomic mass is 16.6. The average Bonchev–Trinajstić information content (AvgIpc) is 3.20. The lowest BCUT2D eigenvalue weighted by atomic mass is 9.92. The number of ether oxygens (including phenoxy) is 1. The number of hydrogen-bond acceptors (Lipinski definition) is 8. The molecule has 2 aromatic heterocycles. The quantitative estimate of drug-likeness (QED) is 0.491. The van der Waals surface area contributed by atoms with E-state index in [9.17, 15) is 15.3 Å². The molecule has 3 aromatic rings. The second-order valence-electron chi connectivity index (χ2n) is 6.77. The fraction of sp³-hybridized carbons (Fsp3) is 0.389. The minimum Gasteiger partial charge on any atom is -0.394 e. The van der Waals surface area contributed by atoms with Crippen molar-refractivity contribution >= 4 is 17.0 Å². The van der Waals surface area contributed by atoms with Gasteiger partial charge in [0.2, 0.25) is 0 Å². The van der Waals surface area contributed by atoms with Gasteiger partial charge in [0, 0.05) is 6.42 Å². The number of hydrogen-bond donors (Lipinski definition) is 4. The Kier molecular flexibility index (Phi) is 4.31. The molecule has 1 aliphatic rings. The summed E-state index contributed by atoms with van der Waals surface area (Å²) in [7, 11) is 0. The molecule has 1 saturated heterocycles. The number of imidazole rings is 1. The maximum atomic E-state index is 11.0. The molecule has 0 radical (unpaired) electrons. The van der Waals surface area contributed by atoms with Crippen LogP contribution in [0.25, 0.3) is 11.2 Å². The molecule has 4 atom stereocenters. The van der Waals surface area contributed by atoms with Crippen molar-refractivity contribution in [3.05, 3.63) is 48.0 Å². The van der Waals surface area contributed by atoms with Gasteiger partial charge in [0.05, 0.1) is 12.9 Å². The smallest absolute Gasteiger partial charge is 0.180 e. The number of aliphatic hydroxyl groups excluding tert-OH is 3. The average molecular weight is 371 g/mol. The Hall–Kier alpha value is -2.59. The van der Waals surface area contributed by atoms with Gasteiger partial charge in [0.15, 0.2) is 17.2 Å². The van der Waals surface area contributed by atoms with E-state index in [1.165, 1.54) is 12.7 Å². The number of aliphatic hydroxyl groups is 3. The van der Waals surface area contributed by atoms with Crippen LogP contribution in [0.2, 0.25) is 0 Å². The van der Waals surface area contributed by atoms with Crippen molar-refractivity contribution in [2.45, 2.75) is 37.4 Å². The fourth-order valence-electron chi connectivity index (χ4n) is 3.66. The van der Waals surface area contributed by atoms with Crippen LogP contribution in [-0.4, -0.2) is 59.8 Å². The summed E-state index contributed by atoms with van der Waals surface area (Å²) in [6.45, 7) is 1.52. The van der Waals surface area contributed by atoms with E-state index in [0.717, 1.165) is 11.1 Å². The second kappa shape index (κ2) is 6.54. The van der Waals surface area contributed by atoms with E-state index in [1.54, 1.807) is 4.57 Å². The maximum Gasteiger partial charge on any atom is 0.180 e. The number of fused-ring (bicyclic) bond motifs is 1. The Morgan fingerprint density at radius 3 is 2.70 bits per heavy atom. The van der Waals surface area contributed by atoms with Gasteiger partial charge < -0.3 is 25.8 Å². The summed E-state index contributed by atoms with van der Waals surface area (Å²) in [5.74, 6) is 0.205. The molecular weight excluding hydrogens is 350 g/mol. The molecule has 1 fully saturated rings. The lowest BCUT2D eigenvalue weighted by Crippen LogP contribution is -2.47. The molecule has 4 rings (SSSR count). The third-order valence-electron chi connectivity index (χ3n) is 5.18. The number of aromatic nitrogens is 4. The van der Waals surface area contributed by atoms with Crippen LogP contribution in [0, 0.1) is 6.92 Å². The van der Waals surface area contributed by atoms with Crippen LogP contribution in [0.1, 0.15) is 11.1 Å². The molecule has 142 valence electrons. The number of anilines is 1. The van der Waals surface area contributed by atoms with Crippen molar-refractivity contribution in [1.29, 1.82) is 0 Å². The first-order valence-corrected chi connectivity index (χ1v) is 8.61. The molecule has 3 heterocycles. The van der Waals surface area contributed by atoms with Gasteiger partial charge in [-0.05, 0) is 18.1 Å². The molecule has 0 aliphatic carbocycles. The van der Waals surface area contributed by atoms with Gasteiger partial charge in [-0.2, -0.15) is 0 Å². The molecule has 0 saturated carbocycles. The van der Waals surface area contributed by atoms with E-state index in [0.29, 0.717) is 11.2 Å². The first-order valence-electron chi connectivity index (χ1n) is 8.61. The first kappa shape index (κ1) is 17.8. The minimum absolute atomic E-state index is 0.205. The molecule has 5 N–H and O–H groups in total. The van der Waals surface area contributed by atoms with Crippen molar-refractivity contribution in [3.8, 4) is 0 Å². The zero-order chi connectivity index (χ0) is 19.2. The first-order chi connectivity index (χ1) is 13.0. The van der Waals surface area contributed by atoms with Crippen LogP contribution in [0.15, 0.2) is 36.9 Å². The summed E-state index contributed by atoms with van der Waals surface area (Å²) in [5.41, 5.74) is 7.16. The predicted octanol–water partition coefficient (Wildman–Crippen LogP) is -0.275. The van der Waals surface area contributed by atoms with Gasteiger partial charge in [0.1, 0.15) is 30.2 Å².